The lowest BCUT2D eigenvalue weighted by atomic mass is 9.95. The molecule has 108 valence electrons. The van der Waals surface area contributed by atoms with Gasteiger partial charge in [-0.1, -0.05) is 32.5 Å². The Balaban J connectivity index is 3.14. The second-order valence-corrected chi connectivity index (χ2v) is 5.81. The third-order valence-electron chi connectivity index (χ3n) is 3.56. The third kappa shape index (κ3) is 3.72. The van der Waals surface area contributed by atoms with Crippen LogP contribution in [0.5, 0.6) is 0 Å². The van der Waals surface area contributed by atoms with E-state index >= 15 is 0 Å². The van der Waals surface area contributed by atoms with Crippen LogP contribution >= 0.6 is 11.8 Å². The Kier molecular flexibility index (Phi) is 5.85. The Labute approximate surface area is 118 Å². The van der Waals surface area contributed by atoms with E-state index in [4.69, 9.17) is 5.11 Å². The Morgan fingerprint density at radius 1 is 1.32 bits per heavy atom. The number of thioether (sulfide) groups is 1. The van der Waals surface area contributed by atoms with Gasteiger partial charge in [-0.25, -0.2) is 0 Å². The number of hydrogen-bond donors (Lipinski definition) is 1. The Bertz CT molecular complexity index is 428. The smallest absolute Gasteiger partial charge is 0.313 e. The summed E-state index contributed by atoms with van der Waals surface area (Å²) in [4.78, 5) is 10.7. The predicted molar refractivity (Wildman–Crippen MR) is 76.6 cm³/mol. The summed E-state index contributed by atoms with van der Waals surface area (Å²) >= 11 is 1.25. The van der Waals surface area contributed by atoms with E-state index in [2.05, 4.69) is 42.5 Å². The van der Waals surface area contributed by atoms with Crippen LogP contribution in [0.3, 0.4) is 0 Å². The molecule has 0 unspecified atom stereocenters. The molecule has 0 spiro atoms. The van der Waals surface area contributed by atoms with Gasteiger partial charge in [0, 0.05) is 12.0 Å². The molecule has 1 aromatic rings. The molecule has 0 aliphatic carbocycles. The molecule has 0 atom stereocenters. The Hall–Kier alpha value is -1.04. The third-order valence-corrected chi connectivity index (χ3v) is 4.48. The molecule has 1 N–H and O–H groups in total. The summed E-state index contributed by atoms with van der Waals surface area (Å²) in [5.74, 6) is 0.154. The first-order chi connectivity index (χ1) is 8.98. The van der Waals surface area contributed by atoms with Crippen LogP contribution in [0.15, 0.2) is 5.16 Å². The number of carboxylic acid groups (broad SMARTS) is 1. The van der Waals surface area contributed by atoms with Gasteiger partial charge in [0.15, 0.2) is 5.16 Å². The molecular weight excluding hydrogens is 262 g/mol. The van der Waals surface area contributed by atoms with Crippen LogP contribution in [0.1, 0.15) is 52.8 Å². The highest BCUT2D eigenvalue weighted by atomic mass is 32.2. The van der Waals surface area contributed by atoms with Crippen molar-refractivity contribution in [2.75, 3.05) is 5.75 Å². The van der Waals surface area contributed by atoms with Gasteiger partial charge in [0.05, 0.1) is 5.75 Å². The van der Waals surface area contributed by atoms with Crippen molar-refractivity contribution in [1.82, 2.24) is 14.8 Å². The summed E-state index contributed by atoms with van der Waals surface area (Å²) in [6.45, 7) is 8.58. The predicted octanol–water partition coefficient (Wildman–Crippen LogP) is 2.94. The van der Waals surface area contributed by atoms with Crippen LogP contribution in [0, 0.1) is 0 Å². The van der Waals surface area contributed by atoms with Crippen molar-refractivity contribution in [2.24, 2.45) is 0 Å². The van der Waals surface area contributed by atoms with Gasteiger partial charge in [-0.2, -0.15) is 0 Å². The highest BCUT2D eigenvalue weighted by Gasteiger charge is 2.28. The molecule has 6 heteroatoms. The van der Waals surface area contributed by atoms with E-state index in [0.29, 0.717) is 0 Å². The topological polar surface area (TPSA) is 68.0 Å². The van der Waals surface area contributed by atoms with Gasteiger partial charge < -0.3 is 9.67 Å². The largest absolute Gasteiger partial charge is 0.481 e. The van der Waals surface area contributed by atoms with Crippen LogP contribution in [0.2, 0.25) is 0 Å². The van der Waals surface area contributed by atoms with E-state index in [1.807, 2.05) is 0 Å². The number of aromatic nitrogens is 3. The number of carbonyl (C=O) groups is 1. The van der Waals surface area contributed by atoms with E-state index in [1.54, 1.807) is 0 Å². The maximum atomic E-state index is 10.7. The minimum absolute atomic E-state index is 0.0216. The molecule has 0 bridgehead atoms. The number of aryl methyl sites for hydroxylation is 1. The lowest BCUT2D eigenvalue weighted by Crippen LogP contribution is -2.31. The van der Waals surface area contributed by atoms with Crippen LogP contribution in [0.25, 0.3) is 0 Å². The van der Waals surface area contributed by atoms with Crippen LogP contribution < -0.4 is 0 Å². The number of aliphatic carboxylic acids is 1. The molecule has 0 amide bonds. The van der Waals surface area contributed by atoms with Gasteiger partial charge in [-0.05, 0) is 26.2 Å². The second-order valence-electron chi connectivity index (χ2n) is 4.87. The van der Waals surface area contributed by atoms with E-state index in [-0.39, 0.29) is 11.3 Å². The van der Waals surface area contributed by atoms with E-state index in [1.165, 1.54) is 11.8 Å². The molecule has 1 rings (SSSR count). The highest BCUT2D eigenvalue weighted by molar-refractivity contribution is 7.99. The number of hydrogen-bond acceptors (Lipinski definition) is 4. The van der Waals surface area contributed by atoms with E-state index in [9.17, 15) is 4.79 Å². The van der Waals surface area contributed by atoms with Crippen molar-refractivity contribution in [1.29, 1.82) is 0 Å². The van der Waals surface area contributed by atoms with E-state index in [0.717, 1.165) is 36.7 Å². The summed E-state index contributed by atoms with van der Waals surface area (Å²) in [7, 11) is 0. The van der Waals surface area contributed by atoms with Crippen molar-refractivity contribution < 1.29 is 9.90 Å². The lowest BCUT2D eigenvalue weighted by molar-refractivity contribution is -0.133. The summed E-state index contributed by atoms with van der Waals surface area (Å²) in [6.07, 6.45) is 3.82. The molecule has 0 aliphatic heterocycles. The molecular formula is C13H23N3O2S. The summed E-state index contributed by atoms with van der Waals surface area (Å²) < 4.78 is 2.14. The number of rotatable bonds is 8. The first-order valence-electron chi connectivity index (χ1n) is 6.77. The van der Waals surface area contributed by atoms with Gasteiger partial charge in [0.2, 0.25) is 0 Å². The average Bonchev–Trinajstić information content (AvgIpc) is 2.79. The summed E-state index contributed by atoms with van der Waals surface area (Å²) in [5.41, 5.74) is -0.0468. The second kappa shape index (κ2) is 6.93. The van der Waals surface area contributed by atoms with E-state index < -0.39 is 5.97 Å². The SMILES string of the molecule is CCCc1nnc(SCC(=O)O)n1C(C)(CC)CC. The molecule has 0 saturated carbocycles. The molecule has 0 aromatic carbocycles. The zero-order valence-corrected chi connectivity index (χ0v) is 13.0. The van der Waals surface area contributed by atoms with Crippen molar-refractivity contribution in [3.63, 3.8) is 0 Å². The minimum Gasteiger partial charge on any atom is -0.481 e. The van der Waals surface area contributed by atoms with Gasteiger partial charge in [-0.3, -0.25) is 4.79 Å². The highest BCUT2D eigenvalue weighted by Crippen LogP contribution is 2.31. The van der Waals surface area contributed by atoms with Crippen LogP contribution in [0.4, 0.5) is 0 Å². The van der Waals surface area contributed by atoms with Crippen LogP contribution in [-0.2, 0) is 16.8 Å². The fraction of sp³-hybridized carbons (Fsp3) is 0.769. The molecule has 0 aliphatic rings. The maximum absolute atomic E-state index is 10.7. The Morgan fingerprint density at radius 2 is 1.95 bits per heavy atom. The zero-order chi connectivity index (χ0) is 14.5. The molecule has 0 fully saturated rings. The molecule has 1 heterocycles. The first kappa shape index (κ1) is 16.0. The summed E-state index contributed by atoms with van der Waals surface area (Å²) in [6, 6.07) is 0. The summed E-state index contributed by atoms with van der Waals surface area (Å²) in [5, 5.41) is 18.0. The molecule has 19 heavy (non-hydrogen) atoms. The molecule has 1 aromatic heterocycles. The fourth-order valence-corrected chi connectivity index (χ4v) is 2.82. The maximum Gasteiger partial charge on any atom is 0.313 e. The van der Waals surface area contributed by atoms with Gasteiger partial charge in [0.1, 0.15) is 5.82 Å². The average molecular weight is 285 g/mol. The quantitative estimate of drug-likeness (QED) is 0.744. The van der Waals surface area contributed by atoms with Crippen LogP contribution in [-0.4, -0.2) is 31.6 Å². The van der Waals surface area contributed by atoms with Gasteiger partial charge >= 0.3 is 5.97 Å². The van der Waals surface area contributed by atoms with Crippen molar-refractivity contribution in [3.8, 4) is 0 Å². The normalized spacial score (nSPS) is 11.8. The van der Waals surface area contributed by atoms with Crippen molar-refractivity contribution in [2.45, 2.75) is 64.1 Å². The zero-order valence-electron chi connectivity index (χ0n) is 12.1. The van der Waals surface area contributed by atoms with Gasteiger partial charge in [-0.15, -0.1) is 10.2 Å². The lowest BCUT2D eigenvalue weighted by Gasteiger charge is -2.31. The molecule has 0 saturated heterocycles. The van der Waals surface area contributed by atoms with Gasteiger partial charge in [0.25, 0.3) is 0 Å². The van der Waals surface area contributed by atoms with Crippen molar-refractivity contribution in [3.05, 3.63) is 5.82 Å². The standard InChI is InChI=1S/C13H23N3O2S/c1-5-8-10-14-15-12(19-9-11(17)18)16(10)13(4,6-2)7-3/h5-9H2,1-4H3,(H,17,18). The first-order valence-corrected chi connectivity index (χ1v) is 7.76. The minimum atomic E-state index is -0.828. The Morgan fingerprint density at radius 3 is 2.42 bits per heavy atom. The molecule has 0 radical (unpaired) electrons. The number of nitrogens with zero attached hydrogens (tertiary/aromatic N) is 3. The van der Waals surface area contributed by atoms with Crippen molar-refractivity contribution >= 4 is 17.7 Å². The number of carboxylic acids is 1. The monoisotopic (exact) mass is 285 g/mol. The molecule has 5 nitrogen and oxygen atoms in total. The fourth-order valence-electron chi connectivity index (χ4n) is 2.01.